The van der Waals surface area contributed by atoms with Crippen molar-refractivity contribution in [3.8, 4) is 0 Å². The number of amides is 2. The molecule has 0 atom stereocenters. The van der Waals surface area contributed by atoms with E-state index in [4.69, 9.17) is 5.73 Å². The molecule has 6 heteroatoms. The largest absolute Gasteiger partial charge is 0.366 e. The van der Waals surface area contributed by atoms with Gasteiger partial charge < -0.3 is 11.1 Å². The second-order valence-corrected chi connectivity index (χ2v) is 4.98. The van der Waals surface area contributed by atoms with Crippen molar-refractivity contribution in [2.45, 2.75) is 6.92 Å². The van der Waals surface area contributed by atoms with Crippen LogP contribution < -0.4 is 11.1 Å². The fourth-order valence-corrected chi connectivity index (χ4v) is 1.86. The Morgan fingerprint density at radius 2 is 1.95 bits per heavy atom. The van der Waals surface area contributed by atoms with Crippen molar-refractivity contribution in [3.05, 3.63) is 57.8 Å². The number of halogens is 1. The van der Waals surface area contributed by atoms with Gasteiger partial charge >= 0.3 is 0 Å². The fourth-order valence-electron chi connectivity index (χ4n) is 1.64. The highest BCUT2D eigenvalue weighted by Crippen LogP contribution is 2.17. The monoisotopic (exact) mass is 333 g/mol. The number of anilines is 1. The number of carbonyl (C=O) groups excluding carboxylic acids is 2. The van der Waals surface area contributed by atoms with E-state index in [0.29, 0.717) is 16.8 Å². The number of pyridine rings is 1. The van der Waals surface area contributed by atoms with Crippen LogP contribution in [0.25, 0.3) is 0 Å². The Kier molecular flexibility index (Phi) is 4.14. The Morgan fingerprint density at radius 1 is 1.25 bits per heavy atom. The lowest BCUT2D eigenvalue weighted by Crippen LogP contribution is -2.15. The van der Waals surface area contributed by atoms with E-state index < -0.39 is 5.91 Å². The number of rotatable bonds is 3. The molecule has 0 fully saturated rings. The Bertz CT molecular complexity index is 686. The SMILES string of the molecule is Cc1cc(NC(=O)c2cccc(C(N)=O)c2)cnc1Br. The number of carbonyl (C=O) groups is 2. The molecule has 0 unspecified atom stereocenters. The number of nitrogens with one attached hydrogen (secondary N) is 1. The first-order valence-corrected chi connectivity index (χ1v) is 6.60. The molecule has 0 saturated heterocycles. The van der Waals surface area contributed by atoms with Crippen molar-refractivity contribution in [1.82, 2.24) is 4.98 Å². The molecular weight excluding hydrogens is 322 g/mol. The summed E-state index contributed by atoms with van der Waals surface area (Å²) >= 11 is 3.29. The van der Waals surface area contributed by atoms with Crippen LogP contribution in [0.5, 0.6) is 0 Å². The van der Waals surface area contributed by atoms with Gasteiger partial charge in [0.2, 0.25) is 5.91 Å². The molecule has 102 valence electrons. The second kappa shape index (κ2) is 5.83. The minimum absolute atomic E-state index is 0.294. The Hall–Kier alpha value is -2.21. The third-order valence-electron chi connectivity index (χ3n) is 2.68. The van der Waals surface area contributed by atoms with Gasteiger partial charge in [0, 0.05) is 11.1 Å². The fraction of sp³-hybridized carbons (Fsp3) is 0.0714. The van der Waals surface area contributed by atoms with Crippen LogP contribution >= 0.6 is 15.9 Å². The highest BCUT2D eigenvalue weighted by atomic mass is 79.9. The summed E-state index contributed by atoms with van der Waals surface area (Å²) in [5.41, 5.74) is 7.34. The number of aryl methyl sites for hydroxylation is 1. The lowest BCUT2D eigenvalue weighted by atomic mass is 10.1. The van der Waals surface area contributed by atoms with Crippen molar-refractivity contribution in [2.75, 3.05) is 5.32 Å². The van der Waals surface area contributed by atoms with Gasteiger partial charge in [0.1, 0.15) is 4.60 Å². The summed E-state index contributed by atoms with van der Waals surface area (Å²) in [6, 6.07) is 8.04. The number of nitrogens with two attached hydrogens (primary N) is 1. The highest BCUT2D eigenvalue weighted by Gasteiger charge is 2.09. The number of benzene rings is 1. The summed E-state index contributed by atoms with van der Waals surface area (Å²) in [4.78, 5) is 27.3. The molecule has 1 aromatic carbocycles. The number of aromatic nitrogens is 1. The van der Waals surface area contributed by atoms with E-state index in [9.17, 15) is 9.59 Å². The van der Waals surface area contributed by atoms with Crippen LogP contribution in [-0.4, -0.2) is 16.8 Å². The first kappa shape index (κ1) is 14.2. The molecule has 20 heavy (non-hydrogen) atoms. The second-order valence-electron chi connectivity index (χ2n) is 4.23. The Labute approximate surface area is 124 Å². The van der Waals surface area contributed by atoms with E-state index in [0.717, 1.165) is 10.2 Å². The molecule has 0 saturated carbocycles. The molecule has 0 spiro atoms. The van der Waals surface area contributed by atoms with Gasteiger partial charge in [-0.2, -0.15) is 0 Å². The average molecular weight is 334 g/mol. The first-order chi connectivity index (χ1) is 9.47. The van der Waals surface area contributed by atoms with Gasteiger partial charge in [-0.1, -0.05) is 6.07 Å². The van der Waals surface area contributed by atoms with Crippen molar-refractivity contribution in [1.29, 1.82) is 0 Å². The molecule has 3 N–H and O–H groups in total. The molecule has 1 aromatic heterocycles. The van der Waals surface area contributed by atoms with E-state index >= 15 is 0 Å². The summed E-state index contributed by atoms with van der Waals surface area (Å²) in [7, 11) is 0. The lowest BCUT2D eigenvalue weighted by Gasteiger charge is -2.07. The number of primary amides is 1. The number of hydrogen-bond donors (Lipinski definition) is 2. The number of nitrogens with zero attached hydrogens (tertiary/aromatic N) is 1. The molecule has 0 aliphatic carbocycles. The van der Waals surface area contributed by atoms with Crippen LogP contribution in [0.1, 0.15) is 26.3 Å². The summed E-state index contributed by atoms with van der Waals surface area (Å²) in [5.74, 6) is -0.891. The van der Waals surface area contributed by atoms with Gasteiger partial charge in [0.15, 0.2) is 0 Å². The molecule has 2 rings (SSSR count). The maximum Gasteiger partial charge on any atom is 0.255 e. The third kappa shape index (κ3) is 3.21. The quantitative estimate of drug-likeness (QED) is 0.846. The molecule has 1 heterocycles. The van der Waals surface area contributed by atoms with Gasteiger partial charge in [0.05, 0.1) is 11.9 Å². The van der Waals surface area contributed by atoms with Crippen LogP contribution in [0.15, 0.2) is 41.1 Å². The first-order valence-electron chi connectivity index (χ1n) is 5.81. The Morgan fingerprint density at radius 3 is 2.60 bits per heavy atom. The summed E-state index contributed by atoms with van der Waals surface area (Å²) in [6.45, 7) is 1.88. The molecule has 5 nitrogen and oxygen atoms in total. The van der Waals surface area contributed by atoms with Gasteiger partial charge in [-0.15, -0.1) is 0 Å². The zero-order valence-corrected chi connectivity index (χ0v) is 12.3. The topological polar surface area (TPSA) is 85.1 Å². The minimum atomic E-state index is -0.569. The summed E-state index contributed by atoms with van der Waals surface area (Å²) < 4.78 is 0.728. The highest BCUT2D eigenvalue weighted by molar-refractivity contribution is 9.10. The molecule has 0 bridgehead atoms. The van der Waals surface area contributed by atoms with E-state index in [-0.39, 0.29) is 5.91 Å². The van der Waals surface area contributed by atoms with E-state index in [1.165, 1.54) is 6.07 Å². The molecule has 2 amide bonds. The van der Waals surface area contributed by atoms with Crippen LogP contribution in [0.2, 0.25) is 0 Å². The van der Waals surface area contributed by atoms with Gasteiger partial charge in [-0.25, -0.2) is 4.98 Å². The molecule has 0 aliphatic heterocycles. The van der Waals surface area contributed by atoms with Crippen molar-refractivity contribution < 1.29 is 9.59 Å². The zero-order chi connectivity index (χ0) is 14.7. The summed E-state index contributed by atoms with van der Waals surface area (Å²) in [5, 5.41) is 2.72. The van der Waals surface area contributed by atoms with Crippen molar-refractivity contribution in [3.63, 3.8) is 0 Å². The van der Waals surface area contributed by atoms with Crippen LogP contribution in [0.3, 0.4) is 0 Å². The predicted octanol–water partition coefficient (Wildman–Crippen LogP) is 2.50. The van der Waals surface area contributed by atoms with Crippen LogP contribution in [-0.2, 0) is 0 Å². The lowest BCUT2D eigenvalue weighted by molar-refractivity contribution is 0.1000. The van der Waals surface area contributed by atoms with Gasteiger partial charge in [0.25, 0.3) is 5.91 Å². The zero-order valence-electron chi connectivity index (χ0n) is 10.7. The predicted molar refractivity (Wildman–Crippen MR) is 79.6 cm³/mol. The maximum absolute atomic E-state index is 12.1. The number of hydrogen-bond acceptors (Lipinski definition) is 3. The average Bonchev–Trinajstić information content (AvgIpc) is 2.43. The standard InChI is InChI=1S/C14H12BrN3O2/c1-8-5-11(7-17-12(8)15)18-14(20)10-4-2-3-9(6-10)13(16)19/h2-7H,1H3,(H2,16,19)(H,18,20). The molecule has 0 aliphatic rings. The molecule has 2 aromatic rings. The maximum atomic E-state index is 12.1. The Balaban J connectivity index is 2.21. The molecular formula is C14H12BrN3O2. The van der Waals surface area contributed by atoms with Crippen LogP contribution in [0, 0.1) is 6.92 Å². The smallest absolute Gasteiger partial charge is 0.255 e. The van der Waals surface area contributed by atoms with Gasteiger partial charge in [-0.3, -0.25) is 9.59 Å². The van der Waals surface area contributed by atoms with Crippen LogP contribution in [0.4, 0.5) is 5.69 Å². The van der Waals surface area contributed by atoms with E-state index in [1.54, 1.807) is 30.5 Å². The van der Waals surface area contributed by atoms with Crippen molar-refractivity contribution >= 4 is 33.4 Å². The summed E-state index contributed by atoms with van der Waals surface area (Å²) in [6.07, 6.45) is 1.55. The van der Waals surface area contributed by atoms with E-state index in [2.05, 4.69) is 26.2 Å². The minimum Gasteiger partial charge on any atom is -0.366 e. The molecule has 0 radical (unpaired) electrons. The van der Waals surface area contributed by atoms with E-state index in [1.807, 2.05) is 6.92 Å². The normalized spacial score (nSPS) is 10.1. The van der Waals surface area contributed by atoms with Crippen molar-refractivity contribution in [2.24, 2.45) is 5.73 Å². The van der Waals surface area contributed by atoms with Gasteiger partial charge in [-0.05, 0) is 52.7 Å². The third-order valence-corrected chi connectivity index (χ3v) is 3.51.